The summed E-state index contributed by atoms with van der Waals surface area (Å²) in [6, 6.07) is 0. The summed E-state index contributed by atoms with van der Waals surface area (Å²) in [4.78, 5) is 9.32. The smallest absolute Gasteiger partial charge is 0.112 e. The van der Waals surface area contributed by atoms with Gasteiger partial charge in [-0.15, -0.1) is 11.3 Å². The largest absolute Gasteiger partial charge is 0.305 e. The molecular formula is C13H24N4S. The number of nitrogens with one attached hydrogen (secondary N) is 1. The number of hydrogen-bond donors (Lipinski definition) is 1. The molecule has 1 fully saturated rings. The van der Waals surface area contributed by atoms with Gasteiger partial charge < -0.3 is 10.2 Å². The van der Waals surface area contributed by atoms with Crippen molar-refractivity contribution in [2.75, 3.05) is 46.3 Å². The fourth-order valence-corrected chi connectivity index (χ4v) is 2.94. The summed E-state index contributed by atoms with van der Waals surface area (Å²) >= 11 is 1.72. The first-order valence-corrected chi connectivity index (χ1v) is 7.52. The van der Waals surface area contributed by atoms with E-state index in [2.05, 4.69) is 41.0 Å². The van der Waals surface area contributed by atoms with Crippen molar-refractivity contribution < 1.29 is 0 Å². The number of thiazole rings is 1. The second-order valence-electron chi connectivity index (χ2n) is 5.53. The van der Waals surface area contributed by atoms with E-state index < -0.39 is 0 Å². The van der Waals surface area contributed by atoms with E-state index in [1.54, 1.807) is 11.3 Å². The molecule has 5 heteroatoms. The Morgan fingerprint density at radius 1 is 1.33 bits per heavy atom. The molecule has 2 heterocycles. The maximum Gasteiger partial charge on any atom is 0.112 e. The zero-order chi connectivity index (χ0) is 13.0. The molecule has 4 nitrogen and oxygen atoms in total. The summed E-state index contributed by atoms with van der Waals surface area (Å²) in [6.45, 7) is 11.3. The number of likely N-dealkylation sites (N-methyl/N-ethyl adjacent to an activating group) is 1. The standard InChI is InChI=1S/C13H24N4S/c1-13(2,12-14-5-11-18-12)15-4-6-17-9-7-16(3)8-10-17/h5,11,15H,4,6-10H2,1-3H3. The Morgan fingerprint density at radius 2 is 2.06 bits per heavy atom. The van der Waals surface area contributed by atoms with Crippen LogP contribution in [-0.4, -0.2) is 61.1 Å². The molecule has 1 aromatic heterocycles. The van der Waals surface area contributed by atoms with Gasteiger partial charge in [0.1, 0.15) is 5.01 Å². The van der Waals surface area contributed by atoms with E-state index in [9.17, 15) is 0 Å². The highest BCUT2D eigenvalue weighted by molar-refractivity contribution is 7.09. The molecule has 0 amide bonds. The first-order valence-electron chi connectivity index (χ1n) is 6.64. The highest BCUT2D eigenvalue weighted by Gasteiger charge is 2.22. The van der Waals surface area contributed by atoms with E-state index in [1.165, 1.54) is 31.2 Å². The minimum atomic E-state index is -0.0131. The Labute approximate surface area is 114 Å². The molecule has 0 aliphatic carbocycles. The van der Waals surface area contributed by atoms with Crippen molar-refractivity contribution in [1.82, 2.24) is 20.1 Å². The molecule has 0 saturated carbocycles. The Morgan fingerprint density at radius 3 is 2.67 bits per heavy atom. The lowest BCUT2D eigenvalue weighted by Crippen LogP contribution is -2.48. The van der Waals surface area contributed by atoms with E-state index >= 15 is 0 Å². The lowest BCUT2D eigenvalue weighted by Gasteiger charge is -2.33. The second kappa shape index (κ2) is 6.10. The fraction of sp³-hybridized carbons (Fsp3) is 0.769. The van der Waals surface area contributed by atoms with E-state index in [-0.39, 0.29) is 5.54 Å². The maximum absolute atomic E-state index is 4.40. The lowest BCUT2D eigenvalue weighted by atomic mass is 10.1. The average molecular weight is 268 g/mol. The van der Waals surface area contributed by atoms with Crippen LogP contribution in [0.4, 0.5) is 0 Å². The molecule has 102 valence electrons. The summed E-state index contributed by atoms with van der Waals surface area (Å²) in [7, 11) is 2.20. The maximum atomic E-state index is 4.40. The average Bonchev–Trinajstić information content (AvgIpc) is 2.86. The van der Waals surface area contributed by atoms with E-state index in [0.29, 0.717) is 0 Å². The van der Waals surface area contributed by atoms with Gasteiger partial charge in [0.15, 0.2) is 0 Å². The number of piperazine rings is 1. The van der Waals surface area contributed by atoms with Crippen LogP contribution >= 0.6 is 11.3 Å². The Kier molecular flexibility index (Phi) is 4.72. The summed E-state index contributed by atoms with van der Waals surface area (Å²) in [5.74, 6) is 0. The van der Waals surface area contributed by atoms with Crippen LogP contribution in [0.1, 0.15) is 18.9 Å². The summed E-state index contributed by atoms with van der Waals surface area (Å²) in [5.41, 5.74) is -0.0131. The molecule has 2 rings (SSSR count). The van der Waals surface area contributed by atoms with Gasteiger partial charge in [-0.3, -0.25) is 4.90 Å². The molecule has 0 atom stereocenters. The van der Waals surface area contributed by atoms with Crippen molar-refractivity contribution in [1.29, 1.82) is 0 Å². The zero-order valence-electron chi connectivity index (χ0n) is 11.6. The topological polar surface area (TPSA) is 31.4 Å². The van der Waals surface area contributed by atoms with Crippen LogP contribution in [0.25, 0.3) is 0 Å². The number of aromatic nitrogens is 1. The van der Waals surface area contributed by atoms with Crippen LogP contribution in [0.5, 0.6) is 0 Å². The highest BCUT2D eigenvalue weighted by Crippen LogP contribution is 2.21. The van der Waals surface area contributed by atoms with Crippen molar-refractivity contribution in [3.05, 3.63) is 16.6 Å². The van der Waals surface area contributed by atoms with Gasteiger partial charge >= 0.3 is 0 Å². The van der Waals surface area contributed by atoms with E-state index in [0.717, 1.165) is 13.1 Å². The second-order valence-corrected chi connectivity index (χ2v) is 6.43. The summed E-state index contributed by atoms with van der Waals surface area (Å²) < 4.78 is 0. The van der Waals surface area contributed by atoms with E-state index in [1.807, 2.05) is 11.6 Å². The third-order valence-corrected chi connectivity index (χ3v) is 4.65. The van der Waals surface area contributed by atoms with Gasteiger partial charge in [-0.1, -0.05) is 0 Å². The first-order chi connectivity index (χ1) is 8.58. The van der Waals surface area contributed by atoms with Gasteiger partial charge in [0.25, 0.3) is 0 Å². The van der Waals surface area contributed by atoms with Crippen LogP contribution in [0.15, 0.2) is 11.6 Å². The molecule has 0 bridgehead atoms. The fourth-order valence-electron chi connectivity index (χ4n) is 2.21. The molecule has 1 saturated heterocycles. The van der Waals surface area contributed by atoms with Gasteiger partial charge in [-0.2, -0.15) is 0 Å². The molecule has 0 spiro atoms. The van der Waals surface area contributed by atoms with Gasteiger partial charge in [0, 0.05) is 50.8 Å². The molecule has 0 aromatic carbocycles. The van der Waals surface area contributed by atoms with Crippen LogP contribution in [0.2, 0.25) is 0 Å². The van der Waals surface area contributed by atoms with Crippen molar-refractivity contribution in [3.63, 3.8) is 0 Å². The van der Waals surface area contributed by atoms with Crippen molar-refractivity contribution in [2.24, 2.45) is 0 Å². The predicted molar refractivity (Wildman–Crippen MR) is 77.1 cm³/mol. The van der Waals surface area contributed by atoms with Crippen molar-refractivity contribution in [3.8, 4) is 0 Å². The summed E-state index contributed by atoms with van der Waals surface area (Å²) in [5, 5.41) is 6.82. The van der Waals surface area contributed by atoms with Gasteiger partial charge in [0.05, 0.1) is 5.54 Å². The summed E-state index contributed by atoms with van der Waals surface area (Å²) in [6.07, 6.45) is 1.88. The van der Waals surface area contributed by atoms with Crippen molar-refractivity contribution in [2.45, 2.75) is 19.4 Å². The number of nitrogens with zero attached hydrogens (tertiary/aromatic N) is 3. The van der Waals surface area contributed by atoms with E-state index in [4.69, 9.17) is 0 Å². The van der Waals surface area contributed by atoms with Gasteiger partial charge in [-0.25, -0.2) is 4.98 Å². The third-order valence-electron chi connectivity index (χ3n) is 3.56. The molecule has 0 unspecified atom stereocenters. The molecule has 1 aliphatic rings. The minimum absolute atomic E-state index is 0.0131. The monoisotopic (exact) mass is 268 g/mol. The first kappa shape index (κ1) is 13.9. The Balaban J connectivity index is 1.72. The Hall–Kier alpha value is -0.490. The molecule has 1 N–H and O–H groups in total. The van der Waals surface area contributed by atoms with Gasteiger partial charge in [-0.05, 0) is 20.9 Å². The molecule has 1 aliphatic heterocycles. The van der Waals surface area contributed by atoms with Crippen molar-refractivity contribution >= 4 is 11.3 Å². The van der Waals surface area contributed by atoms with Crippen LogP contribution in [-0.2, 0) is 5.54 Å². The third kappa shape index (κ3) is 3.75. The zero-order valence-corrected chi connectivity index (χ0v) is 12.5. The molecule has 18 heavy (non-hydrogen) atoms. The van der Waals surface area contributed by atoms with Crippen LogP contribution in [0.3, 0.4) is 0 Å². The number of rotatable bonds is 5. The van der Waals surface area contributed by atoms with Gasteiger partial charge in [0.2, 0.25) is 0 Å². The van der Waals surface area contributed by atoms with Crippen LogP contribution < -0.4 is 5.32 Å². The predicted octanol–water partition coefficient (Wildman–Crippen LogP) is 1.22. The highest BCUT2D eigenvalue weighted by atomic mass is 32.1. The quantitative estimate of drug-likeness (QED) is 0.870. The lowest BCUT2D eigenvalue weighted by molar-refractivity contribution is 0.151. The normalized spacial score (nSPS) is 19.3. The Bertz CT molecular complexity index is 342. The molecule has 0 radical (unpaired) electrons. The number of hydrogen-bond acceptors (Lipinski definition) is 5. The molecule has 1 aromatic rings. The SMILES string of the molecule is CN1CCN(CCNC(C)(C)c2nccs2)CC1. The van der Waals surface area contributed by atoms with Crippen LogP contribution in [0, 0.1) is 0 Å². The minimum Gasteiger partial charge on any atom is -0.305 e. The molecular weight excluding hydrogens is 244 g/mol.